The number of ether oxygens (including phenoxy) is 1. The lowest BCUT2D eigenvalue weighted by molar-refractivity contribution is -0.119. The molecule has 0 heterocycles. The van der Waals surface area contributed by atoms with Gasteiger partial charge in [0, 0.05) is 31.6 Å². The maximum atomic E-state index is 13.2. The summed E-state index contributed by atoms with van der Waals surface area (Å²) in [6, 6.07) is 13.4. The topological polar surface area (TPSA) is 67.4 Å². The lowest BCUT2D eigenvalue weighted by atomic mass is 10.2. The summed E-state index contributed by atoms with van der Waals surface area (Å²) in [5, 5.41) is 5.58. The average Bonchev–Trinajstić information content (AvgIpc) is 2.63. The van der Waals surface area contributed by atoms with Crippen LogP contribution in [0, 0.1) is 5.82 Å². The minimum absolute atomic E-state index is 0.0350. The quantitative estimate of drug-likeness (QED) is 0.619. The highest BCUT2D eigenvalue weighted by Gasteiger charge is 2.04. The first-order valence-corrected chi connectivity index (χ1v) is 9.04. The molecule has 2 N–H and O–H groups in total. The SMILES string of the molecule is CC(=O)NCCCCCC(=O)Nc1cccc(OCc2cccc(F)c2)c1. The molecule has 0 aliphatic rings. The summed E-state index contributed by atoms with van der Waals surface area (Å²) in [5.41, 5.74) is 1.40. The number of amides is 2. The number of hydrogen-bond acceptors (Lipinski definition) is 3. The molecule has 2 aromatic carbocycles. The Bertz CT molecular complexity index is 765. The van der Waals surface area contributed by atoms with Gasteiger partial charge in [-0.3, -0.25) is 9.59 Å². The molecule has 144 valence electrons. The van der Waals surface area contributed by atoms with E-state index in [9.17, 15) is 14.0 Å². The van der Waals surface area contributed by atoms with Crippen molar-refractivity contribution in [3.63, 3.8) is 0 Å². The molecule has 27 heavy (non-hydrogen) atoms. The highest BCUT2D eigenvalue weighted by molar-refractivity contribution is 5.90. The van der Waals surface area contributed by atoms with E-state index < -0.39 is 0 Å². The van der Waals surface area contributed by atoms with Gasteiger partial charge in [-0.05, 0) is 42.7 Å². The van der Waals surface area contributed by atoms with Gasteiger partial charge < -0.3 is 15.4 Å². The van der Waals surface area contributed by atoms with Crippen LogP contribution in [0.2, 0.25) is 0 Å². The Balaban J connectivity index is 1.72. The fourth-order valence-corrected chi connectivity index (χ4v) is 2.53. The maximum Gasteiger partial charge on any atom is 0.224 e. The molecule has 0 fully saturated rings. The van der Waals surface area contributed by atoms with Crippen LogP contribution in [0.4, 0.5) is 10.1 Å². The number of nitrogens with one attached hydrogen (secondary N) is 2. The third kappa shape index (κ3) is 8.35. The van der Waals surface area contributed by atoms with Gasteiger partial charge in [-0.15, -0.1) is 0 Å². The molecular formula is C21H25FN2O3. The van der Waals surface area contributed by atoms with Crippen LogP contribution in [0.5, 0.6) is 5.75 Å². The molecule has 0 spiro atoms. The molecular weight excluding hydrogens is 347 g/mol. The van der Waals surface area contributed by atoms with Crippen molar-refractivity contribution in [2.24, 2.45) is 0 Å². The van der Waals surface area contributed by atoms with Gasteiger partial charge in [-0.2, -0.15) is 0 Å². The van der Waals surface area contributed by atoms with Crippen molar-refractivity contribution in [1.29, 1.82) is 0 Å². The zero-order valence-corrected chi connectivity index (χ0v) is 15.5. The smallest absolute Gasteiger partial charge is 0.224 e. The summed E-state index contributed by atoms with van der Waals surface area (Å²) >= 11 is 0. The van der Waals surface area contributed by atoms with Gasteiger partial charge in [0.1, 0.15) is 18.2 Å². The number of benzene rings is 2. The van der Waals surface area contributed by atoms with Gasteiger partial charge >= 0.3 is 0 Å². The number of rotatable bonds is 10. The lowest BCUT2D eigenvalue weighted by Crippen LogP contribution is -2.20. The first kappa shape index (κ1) is 20.4. The zero-order chi connectivity index (χ0) is 19.5. The Morgan fingerprint density at radius 2 is 1.85 bits per heavy atom. The number of carbonyl (C=O) groups is 2. The Morgan fingerprint density at radius 3 is 2.63 bits per heavy atom. The minimum Gasteiger partial charge on any atom is -0.489 e. The summed E-state index contributed by atoms with van der Waals surface area (Å²) in [4.78, 5) is 22.8. The van der Waals surface area contributed by atoms with Crippen molar-refractivity contribution in [2.45, 2.75) is 39.2 Å². The lowest BCUT2D eigenvalue weighted by Gasteiger charge is -2.09. The third-order valence-corrected chi connectivity index (χ3v) is 3.87. The van der Waals surface area contributed by atoms with Crippen LogP contribution in [-0.2, 0) is 16.2 Å². The van der Waals surface area contributed by atoms with E-state index >= 15 is 0 Å². The molecule has 0 atom stereocenters. The van der Waals surface area contributed by atoms with Gasteiger partial charge in [0.05, 0.1) is 0 Å². The Kier molecular flexibility index (Phi) is 8.29. The second kappa shape index (κ2) is 11.0. The number of hydrogen-bond donors (Lipinski definition) is 2. The molecule has 6 heteroatoms. The van der Waals surface area contributed by atoms with Crippen LogP contribution in [0.3, 0.4) is 0 Å². The monoisotopic (exact) mass is 372 g/mol. The van der Waals surface area contributed by atoms with E-state index in [1.165, 1.54) is 19.1 Å². The summed E-state index contributed by atoms with van der Waals surface area (Å²) in [6.45, 7) is 2.38. The largest absolute Gasteiger partial charge is 0.489 e. The normalized spacial score (nSPS) is 10.3. The molecule has 0 radical (unpaired) electrons. The Hall–Kier alpha value is -2.89. The number of carbonyl (C=O) groups excluding carboxylic acids is 2. The van der Waals surface area contributed by atoms with E-state index in [1.54, 1.807) is 36.4 Å². The Labute approximate surface area is 158 Å². The highest BCUT2D eigenvalue weighted by atomic mass is 19.1. The molecule has 0 aromatic heterocycles. The van der Waals surface area contributed by atoms with E-state index in [-0.39, 0.29) is 24.2 Å². The van der Waals surface area contributed by atoms with E-state index in [4.69, 9.17) is 4.74 Å². The van der Waals surface area contributed by atoms with Gasteiger partial charge in [0.15, 0.2) is 0 Å². The third-order valence-electron chi connectivity index (χ3n) is 3.87. The highest BCUT2D eigenvalue weighted by Crippen LogP contribution is 2.19. The van der Waals surface area contributed by atoms with E-state index in [2.05, 4.69) is 10.6 Å². The van der Waals surface area contributed by atoms with Gasteiger partial charge in [0.25, 0.3) is 0 Å². The molecule has 2 aromatic rings. The van der Waals surface area contributed by atoms with Crippen molar-refractivity contribution in [1.82, 2.24) is 5.32 Å². The average molecular weight is 372 g/mol. The van der Waals surface area contributed by atoms with Crippen LogP contribution < -0.4 is 15.4 Å². The standard InChI is InChI=1S/C21H25FN2O3/c1-16(25)23-12-4-2-3-11-21(26)24-19-9-6-10-20(14-19)27-15-17-7-5-8-18(22)13-17/h5-10,13-14H,2-4,11-12,15H2,1H3,(H,23,25)(H,24,26). The van der Waals surface area contributed by atoms with E-state index in [0.717, 1.165) is 24.8 Å². The first-order chi connectivity index (χ1) is 13.0. The number of anilines is 1. The number of unbranched alkanes of at least 4 members (excludes halogenated alkanes) is 2. The van der Waals surface area contributed by atoms with Gasteiger partial charge in [-0.1, -0.05) is 24.6 Å². The van der Waals surface area contributed by atoms with Gasteiger partial charge in [-0.25, -0.2) is 4.39 Å². The molecule has 0 bridgehead atoms. The van der Waals surface area contributed by atoms with Crippen molar-refractivity contribution >= 4 is 17.5 Å². The first-order valence-electron chi connectivity index (χ1n) is 9.04. The molecule has 2 amide bonds. The maximum absolute atomic E-state index is 13.2. The zero-order valence-electron chi connectivity index (χ0n) is 15.5. The van der Waals surface area contributed by atoms with E-state index in [1.807, 2.05) is 0 Å². The van der Waals surface area contributed by atoms with Crippen LogP contribution in [-0.4, -0.2) is 18.4 Å². The van der Waals surface area contributed by atoms with Crippen molar-refractivity contribution < 1.29 is 18.7 Å². The predicted octanol–water partition coefficient (Wildman–Crippen LogP) is 4.04. The van der Waals surface area contributed by atoms with Gasteiger partial charge in [0.2, 0.25) is 11.8 Å². The molecule has 0 aliphatic heterocycles. The molecule has 0 saturated carbocycles. The summed E-state index contributed by atoms with van der Waals surface area (Å²) in [7, 11) is 0. The van der Waals surface area contributed by atoms with Crippen molar-refractivity contribution in [3.05, 3.63) is 59.9 Å². The molecule has 0 aliphatic carbocycles. The second-order valence-corrected chi connectivity index (χ2v) is 6.29. The molecule has 0 unspecified atom stereocenters. The fraction of sp³-hybridized carbons (Fsp3) is 0.333. The molecule has 0 saturated heterocycles. The van der Waals surface area contributed by atoms with Crippen molar-refractivity contribution in [2.75, 3.05) is 11.9 Å². The summed E-state index contributed by atoms with van der Waals surface area (Å²) < 4.78 is 18.8. The van der Waals surface area contributed by atoms with Crippen LogP contribution in [0.15, 0.2) is 48.5 Å². The fourth-order valence-electron chi connectivity index (χ4n) is 2.53. The van der Waals surface area contributed by atoms with E-state index in [0.29, 0.717) is 24.4 Å². The summed E-state index contributed by atoms with van der Waals surface area (Å²) in [5.74, 6) is 0.214. The Morgan fingerprint density at radius 1 is 1.04 bits per heavy atom. The summed E-state index contributed by atoms with van der Waals surface area (Å²) in [6.07, 6.45) is 2.93. The van der Waals surface area contributed by atoms with Crippen LogP contribution in [0.25, 0.3) is 0 Å². The molecule has 5 nitrogen and oxygen atoms in total. The van der Waals surface area contributed by atoms with Crippen molar-refractivity contribution in [3.8, 4) is 5.75 Å². The van der Waals surface area contributed by atoms with Crippen LogP contribution >= 0.6 is 0 Å². The number of halogens is 1. The second-order valence-electron chi connectivity index (χ2n) is 6.29. The predicted molar refractivity (Wildman–Crippen MR) is 103 cm³/mol. The molecule has 2 rings (SSSR count). The minimum atomic E-state index is -0.297. The van der Waals surface area contributed by atoms with Crippen LogP contribution in [0.1, 0.15) is 38.2 Å².